The fourth-order valence-corrected chi connectivity index (χ4v) is 0.233. The van der Waals surface area contributed by atoms with Crippen LogP contribution in [0.25, 0.3) is 0 Å². The van der Waals surface area contributed by atoms with Crippen molar-refractivity contribution in [1.29, 1.82) is 0 Å². The van der Waals surface area contributed by atoms with E-state index >= 15 is 0 Å². The maximum absolute atomic E-state index is 10.1. The summed E-state index contributed by atoms with van der Waals surface area (Å²) in [6.45, 7) is 3.47. The summed E-state index contributed by atoms with van der Waals surface area (Å²) in [7, 11) is 0. The molecule has 7 heavy (non-hydrogen) atoms. The van der Waals surface area contributed by atoms with Gasteiger partial charge in [0.15, 0.2) is 0 Å². The fraction of sp³-hybridized carbons (Fsp3) is 0.500. The number of hydrogen-bond donors (Lipinski definition) is 2. The van der Waals surface area contributed by atoms with E-state index in [2.05, 4.69) is 5.32 Å². The van der Waals surface area contributed by atoms with Gasteiger partial charge in [0.25, 0.3) is 0 Å². The highest BCUT2D eigenvalue weighted by atomic mass is 16.1. The van der Waals surface area contributed by atoms with E-state index < -0.39 is 0 Å². The van der Waals surface area contributed by atoms with Crippen LogP contribution in [0.5, 0.6) is 0 Å². The number of nitrogens with one attached hydrogen (secondary N) is 1. The van der Waals surface area contributed by atoms with Gasteiger partial charge in [0, 0.05) is 6.54 Å². The van der Waals surface area contributed by atoms with Gasteiger partial charge in [-0.25, -0.2) is 0 Å². The van der Waals surface area contributed by atoms with Gasteiger partial charge in [-0.3, -0.25) is 4.79 Å². The van der Waals surface area contributed by atoms with E-state index in [1.807, 2.05) is 6.92 Å². The molecule has 0 spiro atoms. The molecule has 1 radical (unpaired) electrons. The molecule has 0 heterocycles. The lowest BCUT2D eigenvalue weighted by Crippen LogP contribution is -2.25. The molecular formula is C4H9N2O. The van der Waals surface area contributed by atoms with Gasteiger partial charge in [-0.2, -0.15) is 0 Å². The second kappa shape index (κ2) is 3.61. The first kappa shape index (κ1) is 6.43. The Labute approximate surface area is 42.9 Å². The molecule has 0 atom stereocenters. The van der Waals surface area contributed by atoms with E-state index in [-0.39, 0.29) is 5.91 Å². The largest absolute Gasteiger partial charge is 0.355 e. The quantitative estimate of drug-likeness (QED) is 0.480. The van der Waals surface area contributed by atoms with Crippen molar-refractivity contribution in [2.45, 2.75) is 6.92 Å². The third-order valence-corrected chi connectivity index (χ3v) is 0.502. The van der Waals surface area contributed by atoms with Gasteiger partial charge in [0.1, 0.15) is 6.54 Å². The molecule has 1 amide bonds. The minimum absolute atomic E-state index is 0.220. The molecule has 0 aliphatic heterocycles. The molecule has 0 aliphatic rings. The van der Waals surface area contributed by atoms with Crippen LogP contribution >= 0.6 is 0 Å². The third-order valence-electron chi connectivity index (χ3n) is 0.502. The predicted molar refractivity (Wildman–Crippen MR) is 27.2 cm³/mol. The fourth-order valence-electron chi connectivity index (χ4n) is 0.233. The summed E-state index contributed by atoms with van der Waals surface area (Å²) in [5, 5.41) is 2.48. The van der Waals surface area contributed by atoms with Gasteiger partial charge < -0.3 is 11.1 Å². The maximum atomic E-state index is 10.1. The Bertz CT molecular complexity index is 62.7. The van der Waals surface area contributed by atoms with Crippen LogP contribution in [0.3, 0.4) is 0 Å². The van der Waals surface area contributed by atoms with Crippen molar-refractivity contribution in [2.24, 2.45) is 5.73 Å². The monoisotopic (exact) mass is 101 g/mol. The zero-order valence-electron chi connectivity index (χ0n) is 4.27. The Hall–Kier alpha value is -0.570. The number of carbonyl (C=O) groups excluding carboxylic acids is 1. The Kier molecular flexibility index (Phi) is 3.32. The van der Waals surface area contributed by atoms with Crippen LogP contribution < -0.4 is 11.1 Å². The molecule has 0 aromatic heterocycles. The Morgan fingerprint density at radius 2 is 2.57 bits per heavy atom. The van der Waals surface area contributed by atoms with Gasteiger partial charge in [0.05, 0.1) is 0 Å². The summed E-state index contributed by atoms with van der Waals surface area (Å²) in [5.41, 5.74) is 4.82. The smallest absolute Gasteiger partial charge is 0.239 e. The van der Waals surface area contributed by atoms with Gasteiger partial charge >= 0.3 is 0 Å². The number of nitrogens with two attached hydrogens (primary N) is 1. The highest BCUT2D eigenvalue weighted by Crippen LogP contribution is 1.60. The van der Waals surface area contributed by atoms with E-state index in [9.17, 15) is 4.79 Å². The van der Waals surface area contributed by atoms with Gasteiger partial charge in [-0.15, -0.1) is 0 Å². The summed E-state index contributed by atoms with van der Waals surface area (Å²) >= 11 is 0. The summed E-state index contributed by atoms with van der Waals surface area (Å²) < 4.78 is 0. The predicted octanol–water partition coefficient (Wildman–Crippen LogP) is -0.757. The summed E-state index contributed by atoms with van der Waals surface area (Å²) in [6, 6.07) is 0. The number of rotatable bonds is 2. The first-order valence-corrected chi connectivity index (χ1v) is 2.14. The molecule has 0 aliphatic carbocycles. The van der Waals surface area contributed by atoms with Crippen molar-refractivity contribution in [1.82, 2.24) is 5.32 Å². The van der Waals surface area contributed by atoms with E-state index in [1.54, 1.807) is 0 Å². The highest BCUT2D eigenvalue weighted by Gasteiger charge is 1.89. The zero-order valence-corrected chi connectivity index (χ0v) is 4.27. The lowest BCUT2D eigenvalue weighted by atomic mass is 10.6. The van der Waals surface area contributed by atoms with Crippen LogP contribution in [0.4, 0.5) is 0 Å². The molecule has 0 aromatic rings. The Balaban J connectivity index is 3.00. The Morgan fingerprint density at radius 3 is 2.71 bits per heavy atom. The zero-order chi connectivity index (χ0) is 5.70. The molecule has 0 aromatic carbocycles. The lowest BCUT2D eigenvalue weighted by molar-refractivity contribution is -0.117. The normalized spacial score (nSPS) is 8.29. The number of hydrogen-bond acceptors (Lipinski definition) is 2. The number of amides is 1. The molecule has 0 bridgehead atoms. The SMILES string of the molecule is CCNC(=O)[CH]N. The van der Waals surface area contributed by atoms with Crippen LogP contribution in [-0.4, -0.2) is 12.5 Å². The van der Waals surface area contributed by atoms with Crippen molar-refractivity contribution >= 4 is 5.91 Å². The highest BCUT2D eigenvalue weighted by molar-refractivity contribution is 5.83. The van der Waals surface area contributed by atoms with Crippen LogP contribution in [0.1, 0.15) is 6.92 Å². The van der Waals surface area contributed by atoms with Gasteiger partial charge in [-0.05, 0) is 6.92 Å². The topological polar surface area (TPSA) is 55.1 Å². The van der Waals surface area contributed by atoms with E-state index in [0.717, 1.165) is 6.54 Å². The second-order valence-corrected chi connectivity index (χ2v) is 1.06. The molecule has 0 saturated heterocycles. The molecule has 3 heteroatoms. The van der Waals surface area contributed by atoms with Crippen LogP contribution in [-0.2, 0) is 4.79 Å². The first-order chi connectivity index (χ1) is 3.31. The minimum Gasteiger partial charge on any atom is -0.355 e. The molecule has 3 N–H and O–H groups in total. The average Bonchev–Trinajstić information content (AvgIpc) is 1.68. The molecule has 0 saturated carbocycles. The summed E-state index contributed by atoms with van der Waals surface area (Å²) in [4.78, 5) is 10.1. The van der Waals surface area contributed by atoms with Crippen molar-refractivity contribution < 1.29 is 4.79 Å². The lowest BCUT2D eigenvalue weighted by Gasteiger charge is -1.93. The van der Waals surface area contributed by atoms with Crippen molar-refractivity contribution in [3.63, 3.8) is 0 Å². The van der Waals surface area contributed by atoms with Crippen molar-refractivity contribution in [2.75, 3.05) is 6.54 Å². The molecule has 0 unspecified atom stereocenters. The van der Waals surface area contributed by atoms with E-state index in [4.69, 9.17) is 5.73 Å². The van der Waals surface area contributed by atoms with E-state index in [1.165, 1.54) is 0 Å². The van der Waals surface area contributed by atoms with E-state index in [0.29, 0.717) is 6.54 Å². The summed E-state index contributed by atoms with van der Waals surface area (Å²) in [5.74, 6) is -0.220. The molecule has 3 nitrogen and oxygen atoms in total. The van der Waals surface area contributed by atoms with Crippen LogP contribution in [0.2, 0.25) is 0 Å². The molecule has 0 fully saturated rings. The standard InChI is InChI=1S/C4H9N2O/c1-2-6-4(7)3-5/h3H,2,5H2,1H3,(H,6,7). The van der Waals surface area contributed by atoms with Crippen molar-refractivity contribution in [3.8, 4) is 0 Å². The third kappa shape index (κ3) is 3.26. The van der Waals surface area contributed by atoms with Gasteiger partial charge in [-0.1, -0.05) is 0 Å². The Morgan fingerprint density at radius 1 is 2.00 bits per heavy atom. The molecule has 0 rings (SSSR count). The minimum atomic E-state index is -0.220. The van der Waals surface area contributed by atoms with Gasteiger partial charge in [0.2, 0.25) is 5.91 Å². The second-order valence-electron chi connectivity index (χ2n) is 1.06. The number of carbonyl (C=O) groups is 1. The average molecular weight is 101 g/mol. The summed E-state index contributed by atoms with van der Waals surface area (Å²) in [6.07, 6.45) is 0. The number of likely N-dealkylation sites (N-methyl/N-ethyl adjacent to an activating group) is 1. The van der Waals surface area contributed by atoms with Crippen LogP contribution in [0, 0.1) is 6.54 Å². The van der Waals surface area contributed by atoms with Crippen LogP contribution in [0.15, 0.2) is 0 Å². The first-order valence-electron chi connectivity index (χ1n) is 2.14. The van der Waals surface area contributed by atoms with Crippen molar-refractivity contribution in [3.05, 3.63) is 6.54 Å². The maximum Gasteiger partial charge on any atom is 0.239 e. The molecule has 41 valence electrons. The molecular weight excluding hydrogens is 92.1 g/mol.